The first-order chi connectivity index (χ1) is 8.27. The van der Waals surface area contributed by atoms with Crippen molar-refractivity contribution in [2.45, 2.75) is 20.0 Å². The number of hydrogen-bond acceptors (Lipinski definition) is 4. The molecule has 0 saturated heterocycles. The lowest BCUT2D eigenvalue weighted by atomic mass is 10.4. The van der Waals surface area contributed by atoms with E-state index in [1.54, 1.807) is 13.8 Å². The van der Waals surface area contributed by atoms with E-state index in [1.165, 1.54) is 4.68 Å². The van der Waals surface area contributed by atoms with Crippen LogP contribution in [-0.4, -0.2) is 24.7 Å². The maximum atomic E-state index is 12.6. The van der Waals surface area contributed by atoms with Gasteiger partial charge in [-0.2, -0.15) is 22.8 Å². The molecule has 0 aromatic carbocycles. The van der Waals surface area contributed by atoms with Crippen LogP contribution < -0.4 is 0 Å². The Balaban J connectivity index is 2.59. The first-order valence-corrected chi connectivity index (χ1v) is 5.17. The smallest absolute Gasteiger partial charge is 0.217 e. The molecule has 0 aliphatic carbocycles. The highest BCUT2D eigenvalue weighted by atomic mass is 35.5. The third-order valence-electron chi connectivity index (χ3n) is 2.07. The number of halogens is 4. The first-order valence-electron chi connectivity index (χ1n) is 4.80. The number of rotatable bonds is 1. The Morgan fingerprint density at radius 3 is 2.33 bits per heavy atom. The molecule has 0 amide bonds. The van der Waals surface area contributed by atoms with Crippen molar-refractivity contribution >= 4 is 11.6 Å². The van der Waals surface area contributed by atoms with Gasteiger partial charge in [-0.1, -0.05) is 0 Å². The largest absolute Gasteiger partial charge is 0.433 e. The lowest BCUT2D eigenvalue weighted by Gasteiger charge is -2.08. The van der Waals surface area contributed by atoms with Crippen LogP contribution in [0.2, 0.25) is 5.28 Å². The molecule has 2 rings (SSSR count). The zero-order valence-corrected chi connectivity index (χ0v) is 10.1. The fourth-order valence-electron chi connectivity index (χ4n) is 1.40. The van der Waals surface area contributed by atoms with Crippen molar-refractivity contribution in [2.24, 2.45) is 0 Å². The fourth-order valence-corrected chi connectivity index (χ4v) is 1.58. The summed E-state index contributed by atoms with van der Waals surface area (Å²) >= 11 is 5.48. The van der Waals surface area contributed by atoms with Gasteiger partial charge in [0.2, 0.25) is 5.28 Å². The van der Waals surface area contributed by atoms with Gasteiger partial charge >= 0.3 is 6.18 Å². The quantitative estimate of drug-likeness (QED) is 0.751. The van der Waals surface area contributed by atoms with Crippen molar-refractivity contribution in [3.8, 4) is 5.82 Å². The van der Waals surface area contributed by atoms with Gasteiger partial charge in [0.05, 0.1) is 0 Å². The molecular weight excluding hydrogens is 271 g/mol. The van der Waals surface area contributed by atoms with Crippen molar-refractivity contribution in [1.82, 2.24) is 24.7 Å². The summed E-state index contributed by atoms with van der Waals surface area (Å²) < 4.78 is 38.9. The van der Waals surface area contributed by atoms with Gasteiger partial charge in [0.1, 0.15) is 11.6 Å². The molecule has 96 valence electrons. The van der Waals surface area contributed by atoms with Gasteiger partial charge in [-0.05, 0) is 25.4 Å². The lowest BCUT2D eigenvalue weighted by molar-refractivity contribution is -0.141. The van der Waals surface area contributed by atoms with Crippen LogP contribution in [0.3, 0.4) is 0 Å². The summed E-state index contributed by atoms with van der Waals surface area (Å²) in [6.07, 6.45) is -4.59. The molecule has 18 heavy (non-hydrogen) atoms. The molecular formula is C9H7ClF3N5. The van der Waals surface area contributed by atoms with Crippen molar-refractivity contribution < 1.29 is 13.2 Å². The molecule has 0 spiro atoms. The summed E-state index contributed by atoms with van der Waals surface area (Å²) in [4.78, 5) is 10.8. The van der Waals surface area contributed by atoms with Crippen LogP contribution in [0.4, 0.5) is 13.2 Å². The molecule has 0 fully saturated rings. The summed E-state index contributed by atoms with van der Waals surface area (Å²) in [7, 11) is 0. The Morgan fingerprint density at radius 2 is 1.83 bits per heavy atom. The molecule has 0 N–H and O–H groups in total. The second-order valence-electron chi connectivity index (χ2n) is 3.50. The highest BCUT2D eigenvalue weighted by molar-refractivity contribution is 6.28. The topological polar surface area (TPSA) is 56.5 Å². The van der Waals surface area contributed by atoms with Gasteiger partial charge in [0, 0.05) is 6.07 Å². The highest BCUT2D eigenvalue weighted by Gasteiger charge is 2.34. The third kappa shape index (κ3) is 2.42. The maximum absolute atomic E-state index is 12.6. The Labute approximate surface area is 105 Å². The van der Waals surface area contributed by atoms with Gasteiger partial charge < -0.3 is 0 Å². The van der Waals surface area contributed by atoms with E-state index in [9.17, 15) is 13.2 Å². The SMILES string of the molecule is Cc1nc(C)n(-c2cc(C(F)(F)F)nc(Cl)n2)n1. The van der Waals surface area contributed by atoms with Crippen LogP contribution in [0.25, 0.3) is 5.82 Å². The van der Waals surface area contributed by atoms with Gasteiger partial charge in [-0.25, -0.2) is 9.97 Å². The second kappa shape index (κ2) is 4.20. The van der Waals surface area contributed by atoms with Crippen LogP contribution >= 0.6 is 11.6 Å². The number of nitrogens with zero attached hydrogens (tertiary/aromatic N) is 5. The summed E-state index contributed by atoms with van der Waals surface area (Å²) in [5, 5.41) is 3.44. The molecule has 0 radical (unpaired) electrons. The average Bonchev–Trinajstić information content (AvgIpc) is 2.55. The zero-order valence-electron chi connectivity index (χ0n) is 9.33. The number of aromatic nitrogens is 5. The molecule has 0 aliphatic rings. The summed E-state index contributed by atoms with van der Waals surface area (Å²) in [5.41, 5.74) is -1.12. The summed E-state index contributed by atoms with van der Waals surface area (Å²) in [6.45, 7) is 3.22. The Kier molecular flexibility index (Phi) is 2.97. The van der Waals surface area contributed by atoms with E-state index in [4.69, 9.17) is 11.6 Å². The van der Waals surface area contributed by atoms with Crippen molar-refractivity contribution in [3.05, 3.63) is 28.7 Å². The maximum Gasteiger partial charge on any atom is 0.433 e. The molecule has 0 atom stereocenters. The minimum absolute atomic E-state index is 0.0691. The standard InChI is InChI=1S/C9H7ClF3N5/c1-4-14-5(2)18(17-4)7-3-6(9(11,12)13)15-8(10)16-7/h3H,1-2H3. The van der Waals surface area contributed by atoms with E-state index in [0.29, 0.717) is 11.6 Å². The van der Waals surface area contributed by atoms with E-state index in [0.717, 1.165) is 6.07 Å². The molecule has 9 heteroatoms. The summed E-state index contributed by atoms with van der Waals surface area (Å²) in [5.74, 6) is 0.770. The second-order valence-corrected chi connectivity index (χ2v) is 3.83. The van der Waals surface area contributed by atoms with Crippen LogP contribution in [0.5, 0.6) is 0 Å². The number of hydrogen-bond donors (Lipinski definition) is 0. The van der Waals surface area contributed by atoms with E-state index < -0.39 is 17.2 Å². The van der Waals surface area contributed by atoms with Gasteiger partial charge in [0.25, 0.3) is 0 Å². The minimum Gasteiger partial charge on any atom is -0.217 e. The fraction of sp³-hybridized carbons (Fsp3) is 0.333. The van der Waals surface area contributed by atoms with E-state index in [1.807, 2.05) is 0 Å². The van der Waals surface area contributed by atoms with E-state index in [2.05, 4.69) is 20.1 Å². The molecule has 0 saturated carbocycles. The van der Waals surface area contributed by atoms with Crippen molar-refractivity contribution in [3.63, 3.8) is 0 Å². The van der Waals surface area contributed by atoms with E-state index >= 15 is 0 Å². The number of alkyl halides is 3. The minimum atomic E-state index is -4.59. The van der Waals surface area contributed by atoms with Crippen LogP contribution in [0, 0.1) is 13.8 Å². The first kappa shape index (κ1) is 12.7. The lowest BCUT2D eigenvalue weighted by Crippen LogP contribution is -2.12. The average molecular weight is 278 g/mol. The molecule has 0 bridgehead atoms. The van der Waals surface area contributed by atoms with Crippen LogP contribution in [0.15, 0.2) is 6.07 Å². The Morgan fingerprint density at radius 1 is 1.17 bits per heavy atom. The van der Waals surface area contributed by atoms with Crippen LogP contribution in [-0.2, 0) is 6.18 Å². The highest BCUT2D eigenvalue weighted by Crippen LogP contribution is 2.29. The Bertz CT molecular complexity index is 592. The van der Waals surface area contributed by atoms with Gasteiger partial charge in [0.15, 0.2) is 11.5 Å². The zero-order chi connectivity index (χ0) is 13.5. The van der Waals surface area contributed by atoms with Crippen LogP contribution in [0.1, 0.15) is 17.3 Å². The molecule has 2 aromatic heterocycles. The molecule has 0 aliphatic heterocycles. The monoisotopic (exact) mass is 277 g/mol. The molecule has 5 nitrogen and oxygen atoms in total. The van der Waals surface area contributed by atoms with Gasteiger partial charge in [-0.15, -0.1) is 5.10 Å². The summed E-state index contributed by atoms with van der Waals surface area (Å²) in [6, 6.07) is 0.771. The van der Waals surface area contributed by atoms with Gasteiger partial charge in [-0.3, -0.25) is 0 Å². The van der Waals surface area contributed by atoms with E-state index in [-0.39, 0.29) is 5.82 Å². The number of aryl methyl sites for hydroxylation is 2. The molecule has 0 unspecified atom stereocenters. The normalized spacial score (nSPS) is 11.9. The predicted molar refractivity (Wildman–Crippen MR) is 56.4 cm³/mol. The van der Waals surface area contributed by atoms with Crippen molar-refractivity contribution in [1.29, 1.82) is 0 Å². The predicted octanol–water partition coefficient (Wildman–Crippen LogP) is 2.35. The van der Waals surface area contributed by atoms with Crippen molar-refractivity contribution in [2.75, 3.05) is 0 Å². The molecule has 2 aromatic rings. The third-order valence-corrected chi connectivity index (χ3v) is 2.24. The Hall–Kier alpha value is -1.70. The molecule has 2 heterocycles.